The van der Waals surface area contributed by atoms with E-state index in [4.69, 9.17) is 4.74 Å². The molecule has 1 N–H and O–H groups in total. The van der Waals surface area contributed by atoms with Gasteiger partial charge < -0.3 is 10.1 Å². The Hall–Kier alpha value is -2.44. The molecule has 0 aromatic heterocycles. The van der Waals surface area contributed by atoms with Gasteiger partial charge in [-0.05, 0) is 37.2 Å². The third kappa shape index (κ3) is 7.11. The van der Waals surface area contributed by atoms with Crippen molar-refractivity contribution in [3.05, 3.63) is 71.8 Å². The second-order valence-electron chi connectivity index (χ2n) is 7.44. The van der Waals surface area contributed by atoms with Gasteiger partial charge in [0.2, 0.25) is 5.12 Å². The average Bonchev–Trinajstić information content (AvgIpc) is 2.79. The molecule has 0 aliphatic heterocycles. The Morgan fingerprint density at radius 3 is 2.17 bits per heavy atom. The monoisotopic (exact) mass is 425 g/mol. The summed E-state index contributed by atoms with van der Waals surface area (Å²) in [6.07, 6.45) is 4.19. The fraction of sp³-hybridized carbons (Fsp3) is 0.375. The highest BCUT2D eigenvalue weighted by molar-refractivity contribution is 8.14. The van der Waals surface area contributed by atoms with E-state index in [0.717, 1.165) is 37.4 Å². The standard InChI is InChI=1S/C24H27NO4S/c26-22(15-16-30-24(28)20-9-5-2-6-10-20)29-23(27)17-25-21-13-11-19(12-14-21)18-7-3-1-4-8-18/h1-10,19,21,25H,11-17H2. The van der Waals surface area contributed by atoms with Crippen molar-refractivity contribution in [1.29, 1.82) is 0 Å². The molecule has 30 heavy (non-hydrogen) atoms. The Morgan fingerprint density at radius 1 is 0.867 bits per heavy atom. The molecule has 0 unspecified atom stereocenters. The van der Waals surface area contributed by atoms with Gasteiger partial charge in [-0.1, -0.05) is 72.4 Å². The van der Waals surface area contributed by atoms with Crippen LogP contribution in [0.15, 0.2) is 60.7 Å². The summed E-state index contributed by atoms with van der Waals surface area (Å²) in [5.41, 5.74) is 1.97. The fourth-order valence-electron chi connectivity index (χ4n) is 3.68. The van der Waals surface area contributed by atoms with Crippen molar-refractivity contribution >= 4 is 28.8 Å². The molecule has 0 amide bonds. The maximum absolute atomic E-state index is 12.0. The Labute approximate surface area is 181 Å². The molecule has 1 aliphatic carbocycles. The zero-order valence-electron chi connectivity index (χ0n) is 16.9. The number of rotatable bonds is 8. The molecule has 0 spiro atoms. The molecule has 6 heteroatoms. The number of thioether (sulfide) groups is 1. The predicted octanol–water partition coefficient (Wildman–Crippen LogP) is 4.34. The van der Waals surface area contributed by atoms with Crippen LogP contribution in [0.3, 0.4) is 0 Å². The molecular weight excluding hydrogens is 398 g/mol. The Morgan fingerprint density at radius 2 is 1.50 bits per heavy atom. The molecule has 2 aromatic rings. The molecule has 0 atom stereocenters. The molecule has 1 fully saturated rings. The average molecular weight is 426 g/mol. The van der Waals surface area contributed by atoms with Crippen LogP contribution in [0.5, 0.6) is 0 Å². The first-order chi connectivity index (χ1) is 14.6. The summed E-state index contributed by atoms with van der Waals surface area (Å²) >= 11 is 1.05. The highest BCUT2D eigenvalue weighted by Crippen LogP contribution is 2.32. The van der Waals surface area contributed by atoms with Crippen LogP contribution < -0.4 is 5.32 Å². The first-order valence-corrected chi connectivity index (χ1v) is 11.3. The van der Waals surface area contributed by atoms with Crippen LogP contribution >= 0.6 is 11.8 Å². The second kappa shape index (κ2) is 11.7. The lowest BCUT2D eigenvalue weighted by atomic mass is 9.82. The number of hydrogen-bond acceptors (Lipinski definition) is 6. The molecule has 3 rings (SSSR count). The van der Waals surface area contributed by atoms with Crippen LogP contribution in [-0.4, -0.2) is 35.4 Å². The number of carbonyl (C=O) groups is 3. The lowest BCUT2D eigenvalue weighted by molar-refractivity contribution is -0.158. The van der Waals surface area contributed by atoms with Crippen LogP contribution in [0.1, 0.15) is 53.9 Å². The van der Waals surface area contributed by atoms with Crippen molar-refractivity contribution in [3.8, 4) is 0 Å². The van der Waals surface area contributed by atoms with Crippen LogP contribution in [0.4, 0.5) is 0 Å². The Balaban J connectivity index is 1.28. The SMILES string of the molecule is O=C(CCSC(=O)c1ccccc1)OC(=O)CNC1CCC(c2ccccc2)CC1. The molecule has 158 valence electrons. The maximum atomic E-state index is 12.0. The zero-order valence-corrected chi connectivity index (χ0v) is 17.7. The predicted molar refractivity (Wildman–Crippen MR) is 118 cm³/mol. The maximum Gasteiger partial charge on any atom is 0.327 e. The van der Waals surface area contributed by atoms with E-state index < -0.39 is 11.9 Å². The first kappa shape index (κ1) is 22.2. The van der Waals surface area contributed by atoms with E-state index >= 15 is 0 Å². The molecule has 0 heterocycles. The smallest absolute Gasteiger partial charge is 0.327 e. The summed E-state index contributed by atoms with van der Waals surface area (Å²) in [5.74, 6) is -0.294. The summed E-state index contributed by atoms with van der Waals surface area (Å²) in [5, 5.41) is 3.11. The minimum Gasteiger partial charge on any atom is -0.392 e. The van der Waals surface area contributed by atoms with E-state index in [1.165, 1.54) is 5.56 Å². The van der Waals surface area contributed by atoms with Crippen molar-refractivity contribution in [3.63, 3.8) is 0 Å². The highest BCUT2D eigenvalue weighted by atomic mass is 32.2. The number of nitrogens with one attached hydrogen (secondary N) is 1. The van der Waals surface area contributed by atoms with Crippen LogP contribution in [0, 0.1) is 0 Å². The minimum atomic E-state index is -0.594. The van der Waals surface area contributed by atoms with E-state index in [2.05, 4.69) is 29.6 Å². The Bertz CT molecular complexity index is 833. The van der Waals surface area contributed by atoms with Gasteiger partial charge in [0.1, 0.15) is 0 Å². The summed E-state index contributed by atoms with van der Waals surface area (Å²) in [7, 11) is 0. The van der Waals surface area contributed by atoms with Crippen molar-refractivity contribution in [2.24, 2.45) is 0 Å². The highest BCUT2D eigenvalue weighted by Gasteiger charge is 2.23. The number of esters is 2. The Kier molecular flexibility index (Phi) is 8.66. The van der Waals surface area contributed by atoms with E-state index in [1.54, 1.807) is 24.3 Å². The zero-order chi connectivity index (χ0) is 21.2. The van der Waals surface area contributed by atoms with Crippen molar-refractivity contribution in [2.45, 2.75) is 44.1 Å². The van der Waals surface area contributed by atoms with Gasteiger partial charge in [-0.3, -0.25) is 14.4 Å². The molecule has 0 bridgehead atoms. The first-order valence-electron chi connectivity index (χ1n) is 10.4. The van der Waals surface area contributed by atoms with Crippen molar-refractivity contribution in [1.82, 2.24) is 5.32 Å². The van der Waals surface area contributed by atoms with E-state index in [0.29, 0.717) is 11.5 Å². The normalized spacial score (nSPS) is 18.5. The van der Waals surface area contributed by atoms with Gasteiger partial charge >= 0.3 is 11.9 Å². The summed E-state index contributed by atoms with van der Waals surface area (Å²) < 4.78 is 4.85. The van der Waals surface area contributed by atoms with Gasteiger partial charge in [-0.2, -0.15) is 0 Å². The van der Waals surface area contributed by atoms with Crippen LogP contribution in [-0.2, 0) is 14.3 Å². The molecule has 1 saturated carbocycles. The van der Waals surface area contributed by atoms with Crippen LogP contribution in [0.25, 0.3) is 0 Å². The number of hydrogen-bond donors (Lipinski definition) is 1. The van der Waals surface area contributed by atoms with Gasteiger partial charge in [0.25, 0.3) is 0 Å². The topological polar surface area (TPSA) is 72.5 Å². The molecule has 5 nitrogen and oxygen atoms in total. The minimum absolute atomic E-state index is 0.0250. The fourth-order valence-corrected chi connectivity index (χ4v) is 4.44. The van der Waals surface area contributed by atoms with Gasteiger partial charge in [0.05, 0.1) is 13.0 Å². The van der Waals surface area contributed by atoms with E-state index in [9.17, 15) is 14.4 Å². The van der Waals surface area contributed by atoms with E-state index in [1.807, 2.05) is 12.1 Å². The molecule has 0 saturated heterocycles. The van der Waals surface area contributed by atoms with Gasteiger partial charge in [-0.25, -0.2) is 0 Å². The molecule has 1 aliphatic rings. The third-order valence-electron chi connectivity index (χ3n) is 5.31. The lowest BCUT2D eigenvalue weighted by Gasteiger charge is -2.29. The van der Waals surface area contributed by atoms with Gasteiger partial charge in [0.15, 0.2) is 0 Å². The quantitative estimate of drug-likeness (QED) is 0.501. The summed E-state index contributed by atoms with van der Waals surface area (Å²) in [6.45, 7) is 0.0303. The van der Waals surface area contributed by atoms with Crippen molar-refractivity contribution < 1.29 is 19.1 Å². The summed E-state index contributed by atoms with van der Waals surface area (Å²) in [6, 6.07) is 19.7. The number of carbonyl (C=O) groups excluding carboxylic acids is 3. The van der Waals surface area contributed by atoms with Crippen LogP contribution in [0.2, 0.25) is 0 Å². The number of ether oxygens (including phenoxy) is 1. The second-order valence-corrected chi connectivity index (χ2v) is 8.51. The third-order valence-corrected chi connectivity index (χ3v) is 6.22. The number of benzene rings is 2. The molecule has 2 aromatic carbocycles. The largest absolute Gasteiger partial charge is 0.392 e. The molecule has 0 radical (unpaired) electrons. The molecular formula is C24H27NO4S. The van der Waals surface area contributed by atoms with Gasteiger partial charge in [0, 0.05) is 17.4 Å². The van der Waals surface area contributed by atoms with E-state index in [-0.39, 0.29) is 29.9 Å². The summed E-state index contributed by atoms with van der Waals surface area (Å²) in [4.78, 5) is 35.7. The van der Waals surface area contributed by atoms with Gasteiger partial charge in [-0.15, -0.1) is 0 Å². The lowest BCUT2D eigenvalue weighted by Crippen LogP contribution is -2.37. The van der Waals surface area contributed by atoms with Crippen molar-refractivity contribution in [2.75, 3.05) is 12.3 Å².